The van der Waals surface area contributed by atoms with Crippen LogP contribution in [0.5, 0.6) is 0 Å². The van der Waals surface area contributed by atoms with Gasteiger partial charge >= 0.3 is 0 Å². The second-order valence-electron chi connectivity index (χ2n) is 6.11. The first-order valence-electron chi connectivity index (χ1n) is 8.63. The minimum absolute atomic E-state index is 0.185. The molecular weight excluding hydrogens is 436 g/mol. The van der Waals surface area contributed by atoms with Gasteiger partial charge in [-0.2, -0.15) is 0 Å². The van der Waals surface area contributed by atoms with Gasteiger partial charge in [-0.1, -0.05) is 6.07 Å². The van der Waals surface area contributed by atoms with Crippen molar-refractivity contribution in [2.45, 2.75) is 6.92 Å². The number of carbonyl (C=O) groups excluding carboxylic acids is 3. The minimum atomic E-state index is -0.337. The van der Waals surface area contributed by atoms with Crippen molar-refractivity contribution in [3.8, 4) is 0 Å². The van der Waals surface area contributed by atoms with Gasteiger partial charge in [-0.05, 0) is 70.5 Å². The van der Waals surface area contributed by atoms with Crippen LogP contribution in [0.15, 0.2) is 71.3 Å². The van der Waals surface area contributed by atoms with E-state index in [-0.39, 0.29) is 17.7 Å². The molecule has 0 aliphatic rings. The molecule has 1 aromatic heterocycles. The van der Waals surface area contributed by atoms with Crippen molar-refractivity contribution in [3.63, 3.8) is 0 Å². The van der Waals surface area contributed by atoms with E-state index in [2.05, 4.69) is 36.9 Å². The molecule has 0 bridgehead atoms. The quantitative estimate of drug-likeness (QED) is 0.536. The smallest absolute Gasteiger partial charge is 0.256 e. The highest BCUT2D eigenvalue weighted by Gasteiger charge is 2.10. The molecule has 0 saturated carbocycles. The Hall–Kier alpha value is -3.52. The van der Waals surface area contributed by atoms with Crippen molar-refractivity contribution in [3.05, 3.63) is 82.5 Å². The molecule has 2 aromatic carbocycles. The molecule has 146 valence electrons. The zero-order valence-corrected chi connectivity index (χ0v) is 17.0. The van der Waals surface area contributed by atoms with E-state index < -0.39 is 0 Å². The number of rotatable bonds is 5. The predicted molar refractivity (Wildman–Crippen MR) is 115 cm³/mol. The largest absolute Gasteiger partial charge is 0.326 e. The lowest BCUT2D eigenvalue weighted by Crippen LogP contribution is -2.15. The lowest BCUT2D eigenvalue weighted by molar-refractivity contribution is -0.114. The van der Waals surface area contributed by atoms with E-state index in [0.29, 0.717) is 28.3 Å². The molecule has 0 atom stereocenters. The van der Waals surface area contributed by atoms with Crippen LogP contribution in [0, 0.1) is 0 Å². The highest BCUT2D eigenvalue weighted by Crippen LogP contribution is 2.16. The fourth-order valence-electron chi connectivity index (χ4n) is 2.49. The third kappa shape index (κ3) is 5.73. The third-order valence-corrected chi connectivity index (χ3v) is 4.29. The number of benzene rings is 2. The zero-order chi connectivity index (χ0) is 20.8. The van der Waals surface area contributed by atoms with Gasteiger partial charge in [0.05, 0.1) is 0 Å². The molecule has 0 aliphatic heterocycles. The summed E-state index contributed by atoms with van der Waals surface area (Å²) in [4.78, 5) is 40.0. The molecular formula is C21H17BrN4O3. The van der Waals surface area contributed by atoms with Crippen LogP contribution in [0.25, 0.3) is 0 Å². The molecule has 7 nitrogen and oxygen atoms in total. The van der Waals surface area contributed by atoms with Gasteiger partial charge in [0.1, 0.15) is 5.82 Å². The summed E-state index contributed by atoms with van der Waals surface area (Å²) in [5, 5.41) is 8.10. The number of pyridine rings is 1. The number of aromatic nitrogens is 1. The van der Waals surface area contributed by atoms with E-state index in [1.54, 1.807) is 66.9 Å². The maximum atomic E-state index is 12.4. The predicted octanol–water partition coefficient (Wildman–Crippen LogP) is 4.31. The van der Waals surface area contributed by atoms with Gasteiger partial charge in [-0.15, -0.1) is 0 Å². The van der Waals surface area contributed by atoms with Crippen molar-refractivity contribution in [2.24, 2.45) is 0 Å². The van der Waals surface area contributed by atoms with Gasteiger partial charge in [0.25, 0.3) is 11.8 Å². The number of hydrogen-bond donors (Lipinski definition) is 3. The summed E-state index contributed by atoms with van der Waals surface area (Å²) in [6.07, 6.45) is 1.59. The van der Waals surface area contributed by atoms with Crippen molar-refractivity contribution >= 4 is 50.8 Å². The monoisotopic (exact) mass is 452 g/mol. The number of anilines is 3. The highest BCUT2D eigenvalue weighted by molar-refractivity contribution is 9.10. The molecule has 3 N–H and O–H groups in total. The first kappa shape index (κ1) is 20.2. The van der Waals surface area contributed by atoms with Crippen molar-refractivity contribution in [1.82, 2.24) is 4.98 Å². The van der Waals surface area contributed by atoms with Crippen LogP contribution in [0.4, 0.5) is 17.2 Å². The van der Waals surface area contributed by atoms with Gasteiger partial charge in [-0.3, -0.25) is 14.4 Å². The first-order chi connectivity index (χ1) is 13.9. The summed E-state index contributed by atoms with van der Waals surface area (Å²) >= 11 is 3.29. The molecule has 3 amide bonds. The van der Waals surface area contributed by atoms with Gasteiger partial charge in [0.2, 0.25) is 5.91 Å². The van der Waals surface area contributed by atoms with Gasteiger partial charge in [-0.25, -0.2) is 4.98 Å². The summed E-state index contributed by atoms with van der Waals surface area (Å²) in [5.74, 6) is -0.426. The van der Waals surface area contributed by atoms with E-state index in [4.69, 9.17) is 0 Å². The second kappa shape index (κ2) is 9.11. The lowest BCUT2D eigenvalue weighted by atomic mass is 10.1. The van der Waals surface area contributed by atoms with Crippen LogP contribution >= 0.6 is 15.9 Å². The topological polar surface area (TPSA) is 100 Å². The fourth-order valence-corrected chi connectivity index (χ4v) is 2.72. The Morgan fingerprint density at radius 3 is 2.17 bits per heavy atom. The average molecular weight is 453 g/mol. The molecule has 3 aromatic rings. The Morgan fingerprint density at radius 2 is 1.52 bits per heavy atom. The van der Waals surface area contributed by atoms with Gasteiger partial charge < -0.3 is 16.0 Å². The van der Waals surface area contributed by atoms with E-state index in [9.17, 15) is 14.4 Å². The molecule has 0 spiro atoms. The minimum Gasteiger partial charge on any atom is -0.326 e. The van der Waals surface area contributed by atoms with E-state index in [1.165, 1.54) is 6.92 Å². The van der Waals surface area contributed by atoms with Gasteiger partial charge in [0.15, 0.2) is 0 Å². The summed E-state index contributed by atoms with van der Waals surface area (Å²) in [7, 11) is 0. The third-order valence-electron chi connectivity index (χ3n) is 3.82. The zero-order valence-electron chi connectivity index (χ0n) is 15.4. The van der Waals surface area contributed by atoms with Gasteiger partial charge in [0, 0.05) is 40.1 Å². The Kier molecular flexibility index (Phi) is 6.36. The normalized spacial score (nSPS) is 10.1. The van der Waals surface area contributed by atoms with E-state index in [0.717, 1.165) is 4.47 Å². The average Bonchev–Trinajstić information content (AvgIpc) is 2.70. The molecule has 1 heterocycles. The first-order valence-corrected chi connectivity index (χ1v) is 9.42. The summed E-state index contributed by atoms with van der Waals surface area (Å²) in [6, 6.07) is 16.6. The molecule has 0 saturated heterocycles. The maximum absolute atomic E-state index is 12.4. The number of hydrogen-bond acceptors (Lipinski definition) is 4. The SMILES string of the molecule is CC(=O)Nc1ccc(C(=O)Nc2cccc(C(=O)Nc3ccc(Br)cn3)c2)cc1. The lowest BCUT2D eigenvalue weighted by Gasteiger charge is -2.09. The van der Waals surface area contributed by atoms with Crippen molar-refractivity contribution in [1.29, 1.82) is 0 Å². The Morgan fingerprint density at radius 1 is 0.793 bits per heavy atom. The highest BCUT2D eigenvalue weighted by atomic mass is 79.9. The Bertz CT molecular complexity index is 1050. The summed E-state index contributed by atoms with van der Waals surface area (Å²) < 4.78 is 0.810. The van der Waals surface area contributed by atoms with Crippen LogP contribution in [0.3, 0.4) is 0 Å². The number of carbonyl (C=O) groups is 3. The van der Waals surface area contributed by atoms with Crippen molar-refractivity contribution in [2.75, 3.05) is 16.0 Å². The van der Waals surface area contributed by atoms with Crippen LogP contribution < -0.4 is 16.0 Å². The molecule has 8 heteroatoms. The van der Waals surface area contributed by atoms with Crippen LogP contribution in [0.1, 0.15) is 27.6 Å². The van der Waals surface area contributed by atoms with E-state index in [1.807, 2.05) is 0 Å². The van der Waals surface area contributed by atoms with E-state index >= 15 is 0 Å². The Balaban J connectivity index is 1.67. The standard InChI is InChI=1S/C21H17BrN4O3/c1-13(27)24-17-8-5-14(6-9-17)20(28)25-18-4-2-3-15(11-18)21(29)26-19-10-7-16(22)12-23-19/h2-12H,1H3,(H,24,27)(H,25,28)(H,23,26,29). The maximum Gasteiger partial charge on any atom is 0.256 e. The molecule has 0 aliphatic carbocycles. The fraction of sp³-hybridized carbons (Fsp3) is 0.0476. The molecule has 0 unspecified atom stereocenters. The summed E-state index contributed by atoms with van der Waals surface area (Å²) in [5.41, 5.74) is 1.90. The number of amides is 3. The second-order valence-corrected chi connectivity index (χ2v) is 7.02. The molecule has 0 radical (unpaired) electrons. The number of nitrogens with one attached hydrogen (secondary N) is 3. The number of nitrogens with zero attached hydrogens (tertiary/aromatic N) is 1. The molecule has 3 rings (SSSR count). The Labute approximate surface area is 175 Å². The van der Waals surface area contributed by atoms with Crippen LogP contribution in [-0.2, 0) is 4.79 Å². The molecule has 29 heavy (non-hydrogen) atoms. The van der Waals surface area contributed by atoms with Crippen LogP contribution in [-0.4, -0.2) is 22.7 Å². The van der Waals surface area contributed by atoms with Crippen LogP contribution in [0.2, 0.25) is 0 Å². The number of halogens is 1. The van der Waals surface area contributed by atoms with Crippen molar-refractivity contribution < 1.29 is 14.4 Å². The molecule has 0 fully saturated rings. The summed E-state index contributed by atoms with van der Waals surface area (Å²) in [6.45, 7) is 1.41.